The fourth-order valence-corrected chi connectivity index (χ4v) is 6.40. The lowest BCUT2D eigenvalue weighted by Crippen LogP contribution is -2.27. The Morgan fingerprint density at radius 2 is 1.58 bits per heavy atom. The number of hydrogen-bond donors (Lipinski definition) is 1. The van der Waals surface area contributed by atoms with E-state index in [9.17, 15) is 13.2 Å². The quantitative estimate of drug-likeness (QED) is 0.346. The molecule has 1 aliphatic heterocycles. The van der Waals surface area contributed by atoms with Gasteiger partial charge in [0.25, 0.3) is 0 Å². The molecule has 1 amide bonds. The van der Waals surface area contributed by atoms with E-state index in [0.29, 0.717) is 29.6 Å². The molecule has 1 aliphatic rings. The van der Waals surface area contributed by atoms with Gasteiger partial charge in [-0.15, -0.1) is 10.2 Å². The molecule has 1 aromatic heterocycles. The number of amides is 1. The van der Waals surface area contributed by atoms with Crippen LogP contribution in [0.4, 0.5) is 5.69 Å². The Morgan fingerprint density at radius 1 is 0.889 bits per heavy atom. The third-order valence-electron chi connectivity index (χ3n) is 5.83. The van der Waals surface area contributed by atoms with Crippen LogP contribution in [0.25, 0.3) is 17.1 Å². The summed E-state index contributed by atoms with van der Waals surface area (Å²) in [5.41, 5.74) is 2.17. The summed E-state index contributed by atoms with van der Waals surface area (Å²) < 4.78 is 29.7. The number of sulfonamides is 1. The number of thioether (sulfide) groups is 1. The molecule has 184 valence electrons. The molecule has 36 heavy (non-hydrogen) atoms. The van der Waals surface area contributed by atoms with Gasteiger partial charge in [0.1, 0.15) is 0 Å². The molecule has 0 spiro atoms. The summed E-state index contributed by atoms with van der Waals surface area (Å²) in [7, 11) is -3.57. The highest BCUT2D eigenvalue weighted by Crippen LogP contribution is 2.30. The van der Waals surface area contributed by atoms with Crippen molar-refractivity contribution in [2.24, 2.45) is 0 Å². The molecule has 1 fully saturated rings. The van der Waals surface area contributed by atoms with E-state index in [2.05, 4.69) is 15.5 Å². The van der Waals surface area contributed by atoms with E-state index < -0.39 is 10.0 Å². The second kappa shape index (κ2) is 10.7. The predicted octanol–water partition coefficient (Wildman–Crippen LogP) is 4.45. The molecule has 5 rings (SSSR count). The molecule has 1 N–H and O–H groups in total. The van der Waals surface area contributed by atoms with Crippen molar-refractivity contribution in [3.05, 3.63) is 84.9 Å². The van der Waals surface area contributed by atoms with Crippen molar-refractivity contribution in [1.29, 1.82) is 0 Å². The highest BCUT2D eigenvalue weighted by Gasteiger charge is 2.28. The first-order chi connectivity index (χ1) is 17.5. The topological polar surface area (TPSA) is 97.2 Å². The maximum Gasteiger partial charge on any atom is 0.243 e. The van der Waals surface area contributed by atoms with Gasteiger partial charge in [-0.2, -0.15) is 4.31 Å². The van der Waals surface area contributed by atoms with Crippen molar-refractivity contribution in [3.63, 3.8) is 0 Å². The van der Waals surface area contributed by atoms with Crippen LogP contribution >= 0.6 is 11.8 Å². The number of carbonyl (C=O) groups is 1. The lowest BCUT2D eigenvalue weighted by Gasteiger charge is -2.16. The van der Waals surface area contributed by atoms with E-state index in [1.54, 1.807) is 18.2 Å². The van der Waals surface area contributed by atoms with Crippen LogP contribution in [0.15, 0.2) is 95.0 Å². The molecule has 4 aromatic rings. The first-order valence-corrected chi connectivity index (χ1v) is 14.0. The van der Waals surface area contributed by atoms with Crippen molar-refractivity contribution >= 4 is 33.4 Å². The van der Waals surface area contributed by atoms with Gasteiger partial charge in [0.2, 0.25) is 15.9 Å². The van der Waals surface area contributed by atoms with Gasteiger partial charge in [0.05, 0.1) is 10.6 Å². The zero-order valence-corrected chi connectivity index (χ0v) is 21.1. The molecule has 0 radical (unpaired) electrons. The van der Waals surface area contributed by atoms with E-state index in [0.717, 1.165) is 24.2 Å². The van der Waals surface area contributed by atoms with Crippen LogP contribution in [0.5, 0.6) is 0 Å². The first-order valence-electron chi connectivity index (χ1n) is 11.6. The van der Waals surface area contributed by atoms with Gasteiger partial charge < -0.3 is 5.32 Å². The van der Waals surface area contributed by atoms with E-state index in [1.165, 1.54) is 16.1 Å². The molecule has 0 atom stereocenters. The molecule has 0 aliphatic carbocycles. The van der Waals surface area contributed by atoms with Gasteiger partial charge >= 0.3 is 0 Å². The minimum atomic E-state index is -3.57. The van der Waals surface area contributed by atoms with Gasteiger partial charge in [0, 0.05) is 30.0 Å². The summed E-state index contributed by atoms with van der Waals surface area (Å²) in [5.74, 6) is 0.489. The summed E-state index contributed by atoms with van der Waals surface area (Å²) in [4.78, 5) is 12.8. The van der Waals surface area contributed by atoms with Gasteiger partial charge in [-0.05, 0) is 49.2 Å². The van der Waals surface area contributed by atoms with Crippen molar-refractivity contribution in [1.82, 2.24) is 19.1 Å². The number of anilines is 1. The van der Waals surface area contributed by atoms with Crippen LogP contribution in [0, 0.1) is 0 Å². The van der Waals surface area contributed by atoms with Crippen molar-refractivity contribution < 1.29 is 13.2 Å². The fourth-order valence-electron chi connectivity index (χ4n) is 4.08. The average Bonchev–Trinajstić information content (AvgIpc) is 3.60. The second-order valence-corrected chi connectivity index (χ2v) is 11.2. The fraction of sp³-hybridized carbons (Fsp3) is 0.192. The zero-order chi connectivity index (χ0) is 25.0. The number of hydrogen-bond acceptors (Lipinski definition) is 6. The van der Waals surface area contributed by atoms with Gasteiger partial charge in [0.15, 0.2) is 11.0 Å². The number of nitrogens with one attached hydrogen (secondary N) is 1. The van der Waals surface area contributed by atoms with Crippen molar-refractivity contribution in [2.75, 3.05) is 24.2 Å². The second-order valence-electron chi connectivity index (χ2n) is 8.32. The first kappa shape index (κ1) is 24.2. The normalized spacial score (nSPS) is 14.1. The highest BCUT2D eigenvalue weighted by molar-refractivity contribution is 7.99. The van der Waals surface area contributed by atoms with E-state index >= 15 is 0 Å². The Kier molecular flexibility index (Phi) is 7.17. The Hall–Kier alpha value is -3.47. The number of carbonyl (C=O) groups excluding carboxylic acids is 1. The maximum atomic E-state index is 13.1. The van der Waals surface area contributed by atoms with E-state index in [4.69, 9.17) is 0 Å². The Labute approximate surface area is 214 Å². The van der Waals surface area contributed by atoms with Crippen LogP contribution in [0.2, 0.25) is 0 Å². The SMILES string of the molecule is O=C(CSc1nnc(-c2cccc(S(=O)(=O)N3CCCC3)c2)n1-c1ccccc1)Nc1ccccc1. The molecule has 10 heteroatoms. The van der Waals surface area contributed by atoms with Crippen LogP contribution in [0.3, 0.4) is 0 Å². The number of nitrogens with zero attached hydrogens (tertiary/aromatic N) is 4. The Balaban J connectivity index is 1.45. The summed E-state index contributed by atoms with van der Waals surface area (Å²) in [6, 6.07) is 25.6. The van der Waals surface area contributed by atoms with Gasteiger partial charge in [-0.1, -0.05) is 60.3 Å². The van der Waals surface area contributed by atoms with Crippen LogP contribution in [0.1, 0.15) is 12.8 Å². The van der Waals surface area contributed by atoms with E-state index in [1.807, 2.05) is 71.3 Å². The highest BCUT2D eigenvalue weighted by atomic mass is 32.2. The number of rotatable bonds is 8. The van der Waals surface area contributed by atoms with Gasteiger partial charge in [-0.25, -0.2) is 8.42 Å². The molecule has 0 unspecified atom stereocenters. The minimum absolute atomic E-state index is 0.142. The molecule has 0 saturated carbocycles. The largest absolute Gasteiger partial charge is 0.325 e. The lowest BCUT2D eigenvalue weighted by molar-refractivity contribution is -0.113. The Bertz CT molecular complexity index is 1450. The molecular weight excluding hydrogens is 494 g/mol. The summed E-state index contributed by atoms with van der Waals surface area (Å²) in [6.07, 6.45) is 1.75. The number of benzene rings is 3. The minimum Gasteiger partial charge on any atom is -0.325 e. The maximum absolute atomic E-state index is 13.1. The molecule has 8 nitrogen and oxygen atoms in total. The molecule has 0 bridgehead atoms. The third-order valence-corrected chi connectivity index (χ3v) is 8.66. The summed E-state index contributed by atoms with van der Waals surface area (Å²) >= 11 is 1.27. The van der Waals surface area contributed by atoms with Crippen LogP contribution < -0.4 is 5.32 Å². The summed E-state index contributed by atoms with van der Waals surface area (Å²) in [5, 5.41) is 12.2. The molecule has 1 saturated heterocycles. The van der Waals surface area contributed by atoms with Crippen LogP contribution in [-0.4, -0.2) is 52.2 Å². The smallest absolute Gasteiger partial charge is 0.243 e. The monoisotopic (exact) mass is 519 g/mol. The van der Waals surface area contributed by atoms with Crippen molar-refractivity contribution in [2.45, 2.75) is 22.9 Å². The molecular formula is C26H25N5O3S2. The van der Waals surface area contributed by atoms with Crippen LogP contribution in [-0.2, 0) is 14.8 Å². The van der Waals surface area contributed by atoms with Crippen molar-refractivity contribution in [3.8, 4) is 17.1 Å². The number of para-hydroxylation sites is 2. The predicted molar refractivity (Wildman–Crippen MR) is 141 cm³/mol. The average molecular weight is 520 g/mol. The lowest BCUT2D eigenvalue weighted by atomic mass is 10.2. The third kappa shape index (κ3) is 5.20. The van der Waals surface area contributed by atoms with Gasteiger partial charge in [-0.3, -0.25) is 9.36 Å². The number of aromatic nitrogens is 3. The standard InChI is InChI=1S/C26H25N5O3S2/c32-24(27-21-11-3-1-4-12-21)19-35-26-29-28-25(31(26)22-13-5-2-6-14-22)20-10-9-15-23(18-20)36(33,34)30-16-7-8-17-30/h1-6,9-15,18H,7-8,16-17,19H2,(H,27,32). The van der Waals surface area contributed by atoms with E-state index in [-0.39, 0.29) is 16.6 Å². The molecule has 3 aromatic carbocycles. The Morgan fingerprint density at radius 3 is 2.31 bits per heavy atom. The zero-order valence-electron chi connectivity index (χ0n) is 19.4. The molecule has 2 heterocycles. The summed E-state index contributed by atoms with van der Waals surface area (Å²) in [6.45, 7) is 1.08.